The van der Waals surface area contributed by atoms with Gasteiger partial charge in [-0.15, -0.1) is 5.01 Å². The molecular weight excluding hydrogens is 821 g/mol. The molecule has 0 aromatic carbocycles. The summed E-state index contributed by atoms with van der Waals surface area (Å²) in [5, 5.41) is 19.3. The summed E-state index contributed by atoms with van der Waals surface area (Å²) in [6.45, 7) is 3.91. The molecule has 0 aliphatic carbocycles. The summed E-state index contributed by atoms with van der Waals surface area (Å²) >= 11 is 0. The Morgan fingerprint density at radius 3 is 1.60 bits per heavy atom. The van der Waals surface area contributed by atoms with E-state index in [2.05, 4.69) is 29.2 Å². The maximum Gasteiger partial charge on any atom is 0.472 e. The van der Waals surface area contributed by atoms with Gasteiger partial charge in [-0.05, 0) is 12.8 Å². The van der Waals surface area contributed by atoms with Crippen molar-refractivity contribution in [3.05, 3.63) is 5.21 Å². The van der Waals surface area contributed by atoms with E-state index >= 15 is 0 Å². The number of hydrogen-bond donors (Lipinski definition) is 2. The number of piperazine rings is 1. The van der Waals surface area contributed by atoms with Gasteiger partial charge in [0.1, 0.15) is 6.61 Å². The molecule has 2 atom stereocenters. The molecule has 17 nitrogen and oxygen atoms in total. The van der Waals surface area contributed by atoms with Crippen LogP contribution in [0.15, 0.2) is 5.28 Å². The molecule has 0 spiro atoms. The lowest BCUT2D eigenvalue weighted by Crippen LogP contribution is -2.53. The number of unbranched alkanes of at least 4 members (excludes halogenated alkanes) is 24. The summed E-state index contributed by atoms with van der Waals surface area (Å²) in [7, 11) is -3.23. The third-order valence-electron chi connectivity index (χ3n) is 10.8. The van der Waals surface area contributed by atoms with Crippen molar-refractivity contribution in [1.82, 2.24) is 15.2 Å². The van der Waals surface area contributed by atoms with Crippen LogP contribution < -0.4 is 5.32 Å². The van der Waals surface area contributed by atoms with Gasteiger partial charge < -0.3 is 39.4 Å². The quantitative estimate of drug-likeness (QED) is 0.0112. The van der Waals surface area contributed by atoms with Gasteiger partial charge in [-0.1, -0.05) is 168 Å². The van der Waals surface area contributed by atoms with E-state index in [1.807, 2.05) is 0 Å². The molecule has 2 amide bonds. The fraction of sp³-hybridized carbons (Fsp3) is 0.932. The zero-order valence-electron chi connectivity index (χ0n) is 38.9. The smallest absolute Gasteiger partial charge is 0.472 e. The zero-order valence-corrected chi connectivity index (χ0v) is 39.8. The van der Waals surface area contributed by atoms with Crippen LogP contribution in [0.4, 0.5) is 4.79 Å². The zero-order chi connectivity index (χ0) is 45.4. The van der Waals surface area contributed by atoms with Gasteiger partial charge in [-0.3, -0.25) is 18.6 Å². The Kier molecular flexibility index (Phi) is 36.8. The summed E-state index contributed by atoms with van der Waals surface area (Å²) in [6, 6.07) is -0.442. The van der Waals surface area contributed by atoms with E-state index < -0.39 is 38.5 Å². The SMILES string of the molecule is CCCCCCCCCCCCCCCC(=O)OCC(COP(=O)(O)OCCNC(=O)N1CCN(/[N+]([O-])=N\OCOC)CC1)OC(=O)CCCCCCCCCCCCCCC. The summed E-state index contributed by atoms with van der Waals surface area (Å²) in [5.74, 6) is -0.925. The van der Waals surface area contributed by atoms with Gasteiger partial charge in [0.25, 0.3) is 0 Å². The van der Waals surface area contributed by atoms with Gasteiger partial charge in [-0.2, -0.15) is 0 Å². The van der Waals surface area contributed by atoms with Gasteiger partial charge in [0.15, 0.2) is 6.10 Å². The second-order valence-electron chi connectivity index (χ2n) is 16.4. The van der Waals surface area contributed by atoms with Gasteiger partial charge in [-0.25, -0.2) is 9.36 Å². The van der Waals surface area contributed by atoms with Crippen LogP contribution in [0.5, 0.6) is 0 Å². The van der Waals surface area contributed by atoms with Crippen LogP contribution >= 0.6 is 7.82 Å². The van der Waals surface area contributed by atoms with Crippen LogP contribution in [0.3, 0.4) is 0 Å². The third-order valence-corrected chi connectivity index (χ3v) is 11.8. The van der Waals surface area contributed by atoms with E-state index in [0.29, 0.717) is 17.8 Å². The van der Waals surface area contributed by atoms with Crippen molar-refractivity contribution in [3.63, 3.8) is 0 Å². The normalized spacial score (nSPS) is 14.7. The maximum atomic E-state index is 12.8. The number of hydrazine groups is 1. The molecule has 18 heteroatoms. The van der Waals surface area contributed by atoms with Gasteiger partial charge in [0.2, 0.25) is 12.1 Å². The van der Waals surface area contributed by atoms with Crippen LogP contribution in [0.25, 0.3) is 0 Å². The fourth-order valence-corrected chi connectivity index (χ4v) is 7.84. The molecule has 62 heavy (non-hydrogen) atoms. The Morgan fingerprint density at radius 1 is 0.677 bits per heavy atom. The average Bonchev–Trinajstić information content (AvgIpc) is 3.26. The molecule has 2 unspecified atom stereocenters. The van der Waals surface area contributed by atoms with Gasteiger partial charge in [0.05, 0.1) is 31.3 Å². The van der Waals surface area contributed by atoms with Crippen molar-refractivity contribution in [3.8, 4) is 0 Å². The number of carbonyl (C=O) groups excluding carboxylic acids is 3. The van der Waals surface area contributed by atoms with Crippen molar-refractivity contribution in [2.24, 2.45) is 5.28 Å². The van der Waals surface area contributed by atoms with E-state index in [-0.39, 0.29) is 65.6 Å². The summed E-state index contributed by atoms with van der Waals surface area (Å²) in [6.07, 6.45) is 30.2. The Balaban J connectivity index is 2.44. The number of rotatable bonds is 42. The van der Waals surface area contributed by atoms with Gasteiger partial charge >= 0.3 is 25.8 Å². The molecular formula is C44H86N5O12P. The van der Waals surface area contributed by atoms with Crippen molar-refractivity contribution in [1.29, 1.82) is 0 Å². The highest BCUT2D eigenvalue weighted by Gasteiger charge is 2.28. The monoisotopic (exact) mass is 908 g/mol. The number of hydrogen-bond acceptors (Lipinski definition) is 12. The molecule has 1 fully saturated rings. The molecule has 1 rings (SSSR count). The van der Waals surface area contributed by atoms with Crippen LogP contribution in [0.1, 0.15) is 194 Å². The predicted molar refractivity (Wildman–Crippen MR) is 239 cm³/mol. The number of amides is 2. The van der Waals surface area contributed by atoms with E-state index in [1.165, 1.54) is 133 Å². The van der Waals surface area contributed by atoms with Crippen LogP contribution in [-0.2, 0) is 42.2 Å². The molecule has 0 aromatic rings. The standard InChI is InChI=1S/C44H86N5O12P/c1-4-6-8-10-12-14-16-18-20-22-24-26-28-30-42(50)57-38-41(61-43(51)31-29-27-25-23-21-19-17-15-13-11-9-7-5-2)39-60-62(54,55)59-37-32-45-44(52)47-33-35-48(36-34-47)49(53)46-58-40-56-3/h41H,4-40H2,1-3H3,(H,45,52)(H,54,55)/b49-46+. The van der Waals surface area contributed by atoms with E-state index in [1.54, 1.807) is 0 Å². The highest BCUT2D eigenvalue weighted by molar-refractivity contribution is 7.47. The Morgan fingerprint density at radius 2 is 1.13 bits per heavy atom. The molecule has 1 aliphatic heterocycles. The highest BCUT2D eigenvalue weighted by atomic mass is 31.2. The fourth-order valence-electron chi connectivity index (χ4n) is 7.09. The molecule has 0 bridgehead atoms. The number of methoxy groups -OCH3 is 1. The minimum absolute atomic E-state index is 0.102. The summed E-state index contributed by atoms with van der Waals surface area (Å²) in [4.78, 5) is 54.8. The first kappa shape index (κ1) is 57.3. The number of nitrogens with one attached hydrogen (secondary N) is 1. The van der Waals surface area contributed by atoms with E-state index in [4.69, 9.17) is 23.4 Å². The topological polar surface area (TPSA) is 201 Å². The Labute approximate surface area is 373 Å². The summed E-state index contributed by atoms with van der Waals surface area (Å²) in [5.41, 5.74) is 0. The molecule has 1 saturated heterocycles. The van der Waals surface area contributed by atoms with Crippen molar-refractivity contribution < 1.29 is 56.9 Å². The van der Waals surface area contributed by atoms with E-state index in [9.17, 15) is 29.0 Å². The Bertz CT molecular complexity index is 1190. The first-order valence-corrected chi connectivity index (χ1v) is 25.6. The predicted octanol–water partition coefficient (Wildman–Crippen LogP) is 10.3. The number of nitrogens with zero attached hydrogens (tertiary/aromatic N) is 4. The number of esters is 2. The third kappa shape index (κ3) is 33.8. The lowest BCUT2D eigenvalue weighted by atomic mass is 10.0. The minimum atomic E-state index is -4.63. The minimum Gasteiger partial charge on any atom is -0.569 e. The second kappa shape index (κ2) is 39.8. The highest BCUT2D eigenvalue weighted by Crippen LogP contribution is 2.43. The van der Waals surface area contributed by atoms with Crippen molar-refractivity contribution >= 4 is 25.8 Å². The van der Waals surface area contributed by atoms with Gasteiger partial charge in [0, 0.05) is 39.6 Å². The van der Waals surface area contributed by atoms with Crippen molar-refractivity contribution in [2.45, 2.75) is 200 Å². The van der Waals surface area contributed by atoms with Crippen molar-refractivity contribution in [2.75, 3.05) is 66.4 Å². The first-order valence-electron chi connectivity index (χ1n) is 24.2. The lowest BCUT2D eigenvalue weighted by molar-refractivity contribution is -0.713. The molecule has 0 aromatic heterocycles. The number of ether oxygens (including phenoxy) is 3. The first-order chi connectivity index (χ1) is 30.1. The Hall–Kier alpha value is -2.72. The maximum absolute atomic E-state index is 12.8. The molecule has 2 N–H and O–H groups in total. The second-order valence-corrected chi connectivity index (χ2v) is 17.9. The largest absolute Gasteiger partial charge is 0.569 e. The molecule has 1 heterocycles. The number of urea groups is 1. The molecule has 1 aliphatic rings. The van der Waals surface area contributed by atoms with Crippen LogP contribution in [0.2, 0.25) is 0 Å². The van der Waals surface area contributed by atoms with Crippen LogP contribution in [0, 0.1) is 5.21 Å². The average molecular weight is 908 g/mol. The number of phosphoric ester groups is 1. The number of phosphoric acid groups is 1. The van der Waals surface area contributed by atoms with Crippen LogP contribution in [-0.4, -0.2) is 110 Å². The molecule has 0 saturated carbocycles. The van der Waals surface area contributed by atoms with E-state index in [0.717, 1.165) is 38.5 Å². The lowest BCUT2D eigenvalue weighted by Gasteiger charge is -2.31. The molecule has 364 valence electrons. The summed E-state index contributed by atoms with van der Waals surface area (Å²) < 4.78 is 38.6. The number of carbonyl (C=O) groups is 3. The molecule has 0 radical (unpaired) electrons.